The first-order valence-electron chi connectivity index (χ1n) is 6.32. The van der Waals surface area contributed by atoms with Crippen LogP contribution in [-0.4, -0.2) is 9.55 Å². The number of hydrogen-bond donors (Lipinski definition) is 1. The van der Waals surface area contributed by atoms with Gasteiger partial charge in [-0.3, -0.25) is 0 Å². The van der Waals surface area contributed by atoms with Crippen molar-refractivity contribution in [2.24, 2.45) is 5.73 Å². The number of nitrogens with zero attached hydrogens (tertiary/aromatic N) is 2. The SMILES string of the molecule is CCCn1ccnc1CC(N)c1ccc(I)c(Cl)c1. The second kappa shape index (κ2) is 6.72. The number of imidazole rings is 1. The third-order valence-electron chi connectivity index (χ3n) is 3.04. The van der Waals surface area contributed by atoms with Crippen molar-refractivity contribution >= 4 is 34.2 Å². The van der Waals surface area contributed by atoms with E-state index in [-0.39, 0.29) is 6.04 Å². The molecular weight excluding hydrogens is 373 g/mol. The molecular formula is C14H17ClIN3. The van der Waals surface area contributed by atoms with Crippen LogP contribution >= 0.6 is 34.2 Å². The highest BCUT2D eigenvalue weighted by molar-refractivity contribution is 14.1. The van der Waals surface area contributed by atoms with E-state index in [4.69, 9.17) is 17.3 Å². The van der Waals surface area contributed by atoms with Crippen LogP contribution in [0.15, 0.2) is 30.6 Å². The standard InChI is InChI=1S/C14H17ClIN3/c1-2-6-19-7-5-18-14(19)9-13(17)10-3-4-12(16)11(15)8-10/h3-5,7-8,13H,2,6,9,17H2,1H3. The van der Waals surface area contributed by atoms with Gasteiger partial charge in [-0.25, -0.2) is 4.98 Å². The molecule has 0 radical (unpaired) electrons. The van der Waals surface area contributed by atoms with E-state index >= 15 is 0 Å². The summed E-state index contributed by atoms with van der Waals surface area (Å²) < 4.78 is 3.21. The summed E-state index contributed by atoms with van der Waals surface area (Å²) in [5, 5.41) is 0.755. The van der Waals surface area contributed by atoms with E-state index in [0.29, 0.717) is 0 Å². The van der Waals surface area contributed by atoms with Gasteiger partial charge < -0.3 is 10.3 Å². The smallest absolute Gasteiger partial charge is 0.110 e. The van der Waals surface area contributed by atoms with Gasteiger partial charge in [0.1, 0.15) is 5.82 Å². The van der Waals surface area contributed by atoms with E-state index in [1.165, 1.54) is 0 Å². The third kappa shape index (κ3) is 3.70. The van der Waals surface area contributed by atoms with Crippen molar-refractivity contribution < 1.29 is 0 Å². The number of rotatable bonds is 5. The summed E-state index contributed by atoms with van der Waals surface area (Å²) >= 11 is 8.35. The number of aryl methyl sites for hydroxylation is 1. The van der Waals surface area contributed by atoms with Crippen LogP contribution in [0.2, 0.25) is 5.02 Å². The predicted molar refractivity (Wildman–Crippen MR) is 87.3 cm³/mol. The molecule has 2 N–H and O–H groups in total. The van der Waals surface area contributed by atoms with Gasteiger partial charge >= 0.3 is 0 Å². The molecule has 19 heavy (non-hydrogen) atoms. The monoisotopic (exact) mass is 389 g/mol. The quantitative estimate of drug-likeness (QED) is 0.791. The Hall–Kier alpha value is -0.590. The van der Waals surface area contributed by atoms with Crippen LogP contribution in [-0.2, 0) is 13.0 Å². The maximum atomic E-state index is 6.26. The minimum absolute atomic E-state index is 0.0764. The van der Waals surface area contributed by atoms with E-state index in [9.17, 15) is 0 Å². The van der Waals surface area contributed by atoms with Crippen LogP contribution in [0.4, 0.5) is 0 Å². The van der Waals surface area contributed by atoms with E-state index < -0.39 is 0 Å². The Morgan fingerprint density at radius 1 is 1.47 bits per heavy atom. The predicted octanol–water partition coefficient (Wildman–Crippen LogP) is 3.79. The molecule has 1 aromatic carbocycles. The number of benzene rings is 1. The van der Waals surface area contributed by atoms with E-state index in [1.54, 1.807) is 0 Å². The second-order valence-electron chi connectivity index (χ2n) is 4.52. The first-order chi connectivity index (χ1) is 9.11. The fraction of sp³-hybridized carbons (Fsp3) is 0.357. The fourth-order valence-corrected chi connectivity index (χ4v) is 2.56. The van der Waals surface area contributed by atoms with Crippen LogP contribution in [0.5, 0.6) is 0 Å². The highest BCUT2D eigenvalue weighted by Gasteiger charge is 2.12. The van der Waals surface area contributed by atoms with Crippen molar-refractivity contribution in [2.45, 2.75) is 32.4 Å². The van der Waals surface area contributed by atoms with E-state index in [0.717, 1.165) is 39.4 Å². The zero-order valence-electron chi connectivity index (χ0n) is 10.8. The van der Waals surface area contributed by atoms with E-state index in [1.807, 2.05) is 30.6 Å². The maximum absolute atomic E-state index is 6.26. The summed E-state index contributed by atoms with van der Waals surface area (Å²) in [4.78, 5) is 4.39. The summed E-state index contributed by atoms with van der Waals surface area (Å²) in [6.45, 7) is 3.14. The molecule has 0 saturated carbocycles. The molecule has 2 rings (SSSR count). The molecule has 0 spiro atoms. The van der Waals surface area contributed by atoms with Crippen molar-refractivity contribution in [3.05, 3.63) is 50.6 Å². The van der Waals surface area contributed by atoms with Crippen molar-refractivity contribution in [1.82, 2.24) is 9.55 Å². The Kier molecular flexibility index (Phi) is 5.24. The van der Waals surface area contributed by atoms with Crippen molar-refractivity contribution in [3.63, 3.8) is 0 Å². The summed E-state index contributed by atoms with van der Waals surface area (Å²) in [6.07, 6.45) is 5.66. The molecule has 1 unspecified atom stereocenters. The number of halogens is 2. The van der Waals surface area contributed by atoms with Gasteiger partial charge in [0.05, 0.1) is 5.02 Å². The minimum Gasteiger partial charge on any atom is -0.335 e. The molecule has 0 aliphatic carbocycles. The van der Waals surface area contributed by atoms with E-state index in [2.05, 4.69) is 39.1 Å². The lowest BCUT2D eigenvalue weighted by Crippen LogP contribution is -2.16. The molecule has 0 bridgehead atoms. The zero-order chi connectivity index (χ0) is 13.8. The lowest BCUT2D eigenvalue weighted by Gasteiger charge is -2.14. The van der Waals surface area contributed by atoms with Gasteiger partial charge in [0.15, 0.2) is 0 Å². The zero-order valence-corrected chi connectivity index (χ0v) is 13.7. The molecule has 0 fully saturated rings. The van der Waals surface area contributed by atoms with Gasteiger partial charge in [-0.15, -0.1) is 0 Å². The van der Waals surface area contributed by atoms with Crippen LogP contribution in [0.25, 0.3) is 0 Å². The third-order valence-corrected chi connectivity index (χ3v) is 4.61. The highest BCUT2D eigenvalue weighted by atomic mass is 127. The molecule has 102 valence electrons. The Balaban J connectivity index is 2.13. The molecule has 5 heteroatoms. The lowest BCUT2D eigenvalue weighted by molar-refractivity contribution is 0.599. The van der Waals surface area contributed by atoms with Crippen LogP contribution in [0.1, 0.15) is 30.8 Å². The molecule has 0 saturated heterocycles. The Morgan fingerprint density at radius 3 is 2.95 bits per heavy atom. The summed E-state index contributed by atoms with van der Waals surface area (Å²) in [5.74, 6) is 1.03. The molecule has 0 aliphatic rings. The largest absolute Gasteiger partial charge is 0.335 e. The first kappa shape index (κ1) is 14.8. The van der Waals surface area contributed by atoms with Crippen LogP contribution in [0, 0.1) is 3.57 Å². The Morgan fingerprint density at radius 2 is 2.26 bits per heavy atom. The van der Waals surface area contributed by atoms with Gasteiger partial charge in [0.2, 0.25) is 0 Å². The molecule has 1 atom stereocenters. The van der Waals surface area contributed by atoms with Gasteiger partial charge in [0, 0.05) is 35.0 Å². The molecule has 1 heterocycles. The topological polar surface area (TPSA) is 43.8 Å². The average molecular weight is 390 g/mol. The Bertz CT molecular complexity index is 553. The first-order valence-corrected chi connectivity index (χ1v) is 7.78. The average Bonchev–Trinajstić information content (AvgIpc) is 2.80. The molecule has 0 aliphatic heterocycles. The second-order valence-corrected chi connectivity index (χ2v) is 6.09. The molecule has 0 amide bonds. The number of nitrogens with two attached hydrogens (primary N) is 1. The summed E-state index contributed by atoms with van der Waals surface area (Å²) in [6, 6.07) is 5.90. The minimum atomic E-state index is -0.0764. The van der Waals surface area contributed by atoms with Gasteiger partial charge in [-0.05, 0) is 46.7 Å². The van der Waals surface area contributed by atoms with Gasteiger partial charge in [-0.2, -0.15) is 0 Å². The normalized spacial score (nSPS) is 12.6. The van der Waals surface area contributed by atoms with Crippen LogP contribution in [0.3, 0.4) is 0 Å². The highest BCUT2D eigenvalue weighted by Crippen LogP contribution is 2.23. The molecule has 1 aromatic heterocycles. The maximum Gasteiger partial charge on any atom is 0.110 e. The summed E-state index contributed by atoms with van der Waals surface area (Å²) in [7, 11) is 0. The molecule has 2 aromatic rings. The van der Waals surface area contributed by atoms with Gasteiger partial charge in [-0.1, -0.05) is 24.6 Å². The number of aromatic nitrogens is 2. The Labute approximate surface area is 132 Å². The van der Waals surface area contributed by atoms with Crippen molar-refractivity contribution in [3.8, 4) is 0 Å². The molecule has 3 nitrogen and oxygen atoms in total. The van der Waals surface area contributed by atoms with Crippen molar-refractivity contribution in [1.29, 1.82) is 0 Å². The number of hydrogen-bond acceptors (Lipinski definition) is 2. The van der Waals surface area contributed by atoms with Crippen LogP contribution < -0.4 is 5.73 Å². The van der Waals surface area contributed by atoms with Crippen molar-refractivity contribution in [2.75, 3.05) is 0 Å². The summed E-state index contributed by atoms with van der Waals surface area (Å²) in [5.41, 5.74) is 7.31. The fourth-order valence-electron chi connectivity index (χ4n) is 2.03. The van der Waals surface area contributed by atoms with Gasteiger partial charge in [0.25, 0.3) is 0 Å². The lowest BCUT2D eigenvalue weighted by atomic mass is 10.0.